The van der Waals surface area contributed by atoms with Gasteiger partial charge in [-0.05, 0) is 11.6 Å². The number of benzene rings is 1. The maximum Gasteiger partial charge on any atom is 0.141 e. The Balaban J connectivity index is 1.57. The lowest BCUT2D eigenvalue weighted by molar-refractivity contribution is 0.294. The van der Waals surface area contributed by atoms with E-state index < -0.39 is 0 Å². The third-order valence-electron chi connectivity index (χ3n) is 4.09. The van der Waals surface area contributed by atoms with Crippen LogP contribution in [0.25, 0.3) is 22.3 Å². The number of nitrogens with one attached hydrogen (secondary N) is 1. The van der Waals surface area contributed by atoms with Gasteiger partial charge in [0.2, 0.25) is 0 Å². The normalized spacial score (nSPS) is 16.2. The monoisotopic (exact) mass is 310 g/mol. The predicted molar refractivity (Wildman–Crippen MR) is 91.9 cm³/mol. The van der Waals surface area contributed by atoms with Crippen molar-refractivity contribution in [2.75, 3.05) is 24.6 Å². The van der Waals surface area contributed by atoms with E-state index in [1.54, 1.807) is 6.33 Å². The largest absolute Gasteiger partial charge is 0.346 e. The highest BCUT2D eigenvalue weighted by Crippen LogP contribution is 2.25. The number of aromatic nitrogens is 3. The SMILES string of the molecule is c1nc(-c2ccc(CN3CCSCC3)cc2)c2cc[nH]c2n1. The van der Waals surface area contributed by atoms with Gasteiger partial charge in [0.15, 0.2) is 0 Å². The molecule has 0 atom stereocenters. The second kappa shape index (κ2) is 6.10. The summed E-state index contributed by atoms with van der Waals surface area (Å²) in [6, 6.07) is 10.8. The van der Waals surface area contributed by atoms with Gasteiger partial charge in [0.1, 0.15) is 12.0 Å². The summed E-state index contributed by atoms with van der Waals surface area (Å²) >= 11 is 2.05. The fraction of sp³-hybridized carbons (Fsp3) is 0.294. The average Bonchev–Trinajstić information content (AvgIpc) is 3.05. The molecule has 4 rings (SSSR count). The lowest BCUT2D eigenvalue weighted by Crippen LogP contribution is -2.31. The summed E-state index contributed by atoms with van der Waals surface area (Å²) in [5, 5.41) is 1.07. The van der Waals surface area contributed by atoms with Crippen LogP contribution in [0.15, 0.2) is 42.9 Å². The summed E-state index contributed by atoms with van der Waals surface area (Å²) in [5.74, 6) is 2.51. The number of thioether (sulfide) groups is 1. The number of nitrogens with zero attached hydrogens (tertiary/aromatic N) is 3. The van der Waals surface area contributed by atoms with Crippen LogP contribution in [0.2, 0.25) is 0 Å². The number of hydrogen-bond donors (Lipinski definition) is 1. The molecule has 0 unspecified atom stereocenters. The van der Waals surface area contributed by atoms with E-state index in [2.05, 4.69) is 55.9 Å². The molecule has 22 heavy (non-hydrogen) atoms. The van der Waals surface area contributed by atoms with E-state index in [0.717, 1.165) is 28.8 Å². The summed E-state index contributed by atoms with van der Waals surface area (Å²) in [7, 11) is 0. The van der Waals surface area contributed by atoms with Crippen LogP contribution in [0.3, 0.4) is 0 Å². The molecule has 3 aromatic rings. The topological polar surface area (TPSA) is 44.8 Å². The summed E-state index contributed by atoms with van der Waals surface area (Å²) in [5.41, 5.74) is 4.40. The zero-order valence-electron chi connectivity index (χ0n) is 12.3. The number of aromatic amines is 1. The molecular weight excluding hydrogens is 292 g/mol. The minimum atomic E-state index is 0.889. The Labute approximate surface area is 134 Å². The van der Waals surface area contributed by atoms with E-state index in [9.17, 15) is 0 Å². The van der Waals surface area contributed by atoms with Crippen molar-refractivity contribution < 1.29 is 0 Å². The van der Waals surface area contributed by atoms with Gasteiger partial charge < -0.3 is 4.98 Å². The van der Waals surface area contributed by atoms with E-state index in [4.69, 9.17) is 0 Å². The fourth-order valence-corrected chi connectivity index (χ4v) is 3.87. The fourth-order valence-electron chi connectivity index (χ4n) is 2.89. The van der Waals surface area contributed by atoms with Gasteiger partial charge in [0.25, 0.3) is 0 Å². The zero-order chi connectivity index (χ0) is 14.8. The molecule has 5 heteroatoms. The van der Waals surface area contributed by atoms with Gasteiger partial charge in [-0.2, -0.15) is 11.8 Å². The van der Waals surface area contributed by atoms with Crippen molar-refractivity contribution in [1.29, 1.82) is 0 Å². The molecular formula is C17H18N4S. The molecule has 1 saturated heterocycles. The molecule has 4 nitrogen and oxygen atoms in total. The Morgan fingerprint density at radius 1 is 1.05 bits per heavy atom. The first kappa shape index (κ1) is 13.8. The van der Waals surface area contributed by atoms with Crippen LogP contribution < -0.4 is 0 Å². The molecule has 0 amide bonds. The van der Waals surface area contributed by atoms with E-state index in [0.29, 0.717) is 0 Å². The second-order valence-corrected chi connectivity index (χ2v) is 6.77. The van der Waals surface area contributed by atoms with Crippen LogP contribution in [0.4, 0.5) is 0 Å². The van der Waals surface area contributed by atoms with Gasteiger partial charge in [-0.25, -0.2) is 9.97 Å². The van der Waals surface area contributed by atoms with E-state index in [1.807, 2.05) is 12.3 Å². The Bertz CT molecular complexity index is 760. The quantitative estimate of drug-likeness (QED) is 0.807. The molecule has 1 aromatic carbocycles. The van der Waals surface area contributed by atoms with Crippen molar-refractivity contribution >= 4 is 22.8 Å². The third kappa shape index (κ3) is 2.74. The average molecular weight is 310 g/mol. The predicted octanol–water partition coefficient (Wildman–Crippen LogP) is 3.17. The van der Waals surface area contributed by atoms with Crippen molar-refractivity contribution in [2.24, 2.45) is 0 Å². The first-order valence-electron chi connectivity index (χ1n) is 7.58. The van der Waals surface area contributed by atoms with Gasteiger partial charge >= 0.3 is 0 Å². The summed E-state index contributed by atoms with van der Waals surface area (Å²) in [4.78, 5) is 14.4. The minimum absolute atomic E-state index is 0.889. The molecule has 112 valence electrons. The molecule has 1 aliphatic heterocycles. The lowest BCUT2D eigenvalue weighted by Gasteiger charge is -2.26. The number of hydrogen-bond acceptors (Lipinski definition) is 4. The molecule has 1 N–H and O–H groups in total. The molecule has 0 bridgehead atoms. The van der Waals surface area contributed by atoms with Crippen LogP contribution in [-0.2, 0) is 6.54 Å². The Kier molecular flexibility index (Phi) is 3.83. The van der Waals surface area contributed by atoms with Gasteiger partial charge in [0, 0.05) is 48.3 Å². The Morgan fingerprint density at radius 2 is 1.86 bits per heavy atom. The van der Waals surface area contributed by atoms with Crippen molar-refractivity contribution in [2.45, 2.75) is 6.54 Å². The van der Waals surface area contributed by atoms with Crippen LogP contribution in [-0.4, -0.2) is 44.4 Å². The molecule has 3 heterocycles. The maximum absolute atomic E-state index is 4.45. The van der Waals surface area contributed by atoms with E-state index >= 15 is 0 Å². The highest BCUT2D eigenvalue weighted by atomic mass is 32.2. The molecule has 2 aromatic heterocycles. The lowest BCUT2D eigenvalue weighted by atomic mass is 10.1. The maximum atomic E-state index is 4.45. The first-order valence-corrected chi connectivity index (χ1v) is 8.73. The van der Waals surface area contributed by atoms with Crippen molar-refractivity contribution in [3.63, 3.8) is 0 Å². The van der Waals surface area contributed by atoms with Crippen molar-refractivity contribution in [1.82, 2.24) is 19.9 Å². The highest BCUT2D eigenvalue weighted by molar-refractivity contribution is 7.99. The van der Waals surface area contributed by atoms with Crippen LogP contribution in [0.5, 0.6) is 0 Å². The molecule has 0 spiro atoms. The minimum Gasteiger partial charge on any atom is -0.346 e. The molecule has 1 aliphatic rings. The zero-order valence-corrected chi connectivity index (χ0v) is 13.1. The van der Waals surface area contributed by atoms with Crippen molar-refractivity contribution in [3.05, 3.63) is 48.4 Å². The van der Waals surface area contributed by atoms with Crippen LogP contribution in [0, 0.1) is 0 Å². The molecule has 1 fully saturated rings. The number of rotatable bonds is 3. The summed E-state index contributed by atoms with van der Waals surface area (Å²) in [6.07, 6.45) is 3.53. The standard InChI is InChI=1S/C17H18N4S/c1-3-14(16-15-5-6-18-17(15)20-12-19-16)4-2-13(1)11-21-7-9-22-10-8-21/h1-6,12H,7-11H2,(H,18,19,20). The Morgan fingerprint density at radius 3 is 2.68 bits per heavy atom. The smallest absolute Gasteiger partial charge is 0.141 e. The molecule has 0 saturated carbocycles. The van der Waals surface area contributed by atoms with Crippen molar-refractivity contribution in [3.8, 4) is 11.3 Å². The van der Waals surface area contributed by atoms with Gasteiger partial charge in [-0.1, -0.05) is 24.3 Å². The number of H-pyrrole nitrogens is 1. The first-order chi connectivity index (χ1) is 10.9. The van der Waals surface area contributed by atoms with Crippen LogP contribution >= 0.6 is 11.8 Å². The summed E-state index contributed by atoms with van der Waals surface area (Å²) < 4.78 is 0. The van der Waals surface area contributed by atoms with Gasteiger partial charge in [0.05, 0.1) is 5.69 Å². The molecule has 0 radical (unpaired) electrons. The summed E-state index contributed by atoms with van der Waals surface area (Å²) in [6.45, 7) is 3.44. The third-order valence-corrected chi connectivity index (χ3v) is 5.03. The molecule has 0 aliphatic carbocycles. The van der Waals surface area contributed by atoms with E-state index in [1.165, 1.54) is 30.2 Å². The second-order valence-electron chi connectivity index (χ2n) is 5.55. The number of fused-ring (bicyclic) bond motifs is 1. The van der Waals surface area contributed by atoms with Crippen LogP contribution in [0.1, 0.15) is 5.56 Å². The van der Waals surface area contributed by atoms with Gasteiger partial charge in [-0.15, -0.1) is 0 Å². The Hall–Kier alpha value is -1.85. The van der Waals surface area contributed by atoms with Gasteiger partial charge in [-0.3, -0.25) is 4.90 Å². The highest BCUT2D eigenvalue weighted by Gasteiger charge is 2.11. The van der Waals surface area contributed by atoms with E-state index in [-0.39, 0.29) is 0 Å².